The number of nitrogens with two attached hydrogens (primary N) is 1. The molecule has 3 N–H and O–H groups in total. The Morgan fingerprint density at radius 3 is 2.93 bits per heavy atom. The van der Waals surface area contributed by atoms with Crippen LogP contribution in [0.15, 0.2) is 53.1 Å². The van der Waals surface area contributed by atoms with E-state index in [0.717, 1.165) is 24.9 Å². The first-order valence-electron chi connectivity index (χ1n) is 9.96. The van der Waals surface area contributed by atoms with Crippen molar-refractivity contribution in [3.8, 4) is 11.6 Å². The summed E-state index contributed by atoms with van der Waals surface area (Å²) in [7, 11) is 0. The number of furan rings is 1. The summed E-state index contributed by atoms with van der Waals surface area (Å²) in [5.74, 6) is 2.31. The molecule has 5 rings (SSSR count). The fourth-order valence-electron chi connectivity index (χ4n) is 3.89. The molecule has 1 aliphatic heterocycles. The molecule has 0 amide bonds. The second-order valence-electron chi connectivity index (χ2n) is 7.43. The normalized spacial score (nSPS) is 17.0. The van der Waals surface area contributed by atoms with Gasteiger partial charge in [0.05, 0.1) is 6.26 Å². The highest BCUT2D eigenvalue weighted by atomic mass is 19.1. The summed E-state index contributed by atoms with van der Waals surface area (Å²) in [5, 5.41) is 7.72. The summed E-state index contributed by atoms with van der Waals surface area (Å²) in [4.78, 5) is 11.2. The van der Waals surface area contributed by atoms with Gasteiger partial charge in [-0.2, -0.15) is 14.5 Å². The van der Waals surface area contributed by atoms with Crippen molar-refractivity contribution in [2.45, 2.75) is 25.4 Å². The minimum absolute atomic E-state index is 0.157. The number of likely N-dealkylation sites (tertiary alicyclic amines) is 1. The highest BCUT2D eigenvalue weighted by molar-refractivity contribution is 5.56. The van der Waals surface area contributed by atoms with Crippen LogP contribution in [0.3, 0.4) is 0 Å². The lowest BCUT2D eigenvalue weighted by atomic mass is 10.1. The molecule has 1 fully saturated rings. The Balaban J connectivity index is 1.30. The molecule has 9 heteroatoms. The fourth-order valence-corrected chi connectivity index (χ4v) is 3.89. The molecule has 154 valence electrons. The fraction of sp³-hybridized carbons (Fsp3) is 0.286. The molecule has 8 nitrogen and oxygen atoms in total. The second kappa shape index (κ2) is 7.75. The first kappa shape index (κ1) is 18.6. The van der Waals surface area contributed by atoms with Crippen molar-refractivity contribution in [3.63, 3.8) is 0 Å². The van der Waals surface area contributed by atoms with Crippen LogP contribution in [0.25, 0.3) is 17.4 Å². The number of benzene rings is 1. The smallest absolute Gasteiger partial charge is 0.256 e. The Morgan fingerprint density at radius 2 is 2.10 bits per heavy atom. The number of nitrogens with one attached hydrogen (secondary N) is 1. The zero-order valence-electron chi connectivity index (χ0n) is 16.3. The maximum absolute atomic E-state index is 14.0. The third-order valence-corrected chi connectivity index (χ3v) is 5.43. The van der Waals surface area contributed by atoms with Crippen LogP contribution in [0.5, 0.6) is 0 Å². The minimum atomic E-state index is -0.157. The van der Waals surface area contributed by atoms with Crippen LogP contribution in [0.2, 0.25) is 0 Å². The van der Waals surface area contributed by atoms with E-state index in [1.807, 2.05) is 12.1 Å². The maximum Gasteiger partial charge on any atom is 0.256 e. The van der Waals surface area contributed by atoms with Crippen LogP contribution in [-0.4, -0.2) is 43.6 Å². The molecule has 1 aliphatic rings. The standard InChI is InChI=1S/C21H22FN7O/c22-16-7-2-1-5-14(16)13-28-9-3-6-15(28)12-24-19-11-18(23)29-21(25-19)26-20(27-29)17-8-4-10-30-17/h1-2,4-5,7-8,10-11,15H,3,6,9,12-13,23H2,(H,24,25,26,27)/t15-/m1/s1. The van der Waals surface area contributed by atoms with E-state index < -0.39 is 0 Å². The van der Waals surface area contributed by atoms with Gasteiger partial charge in [0.2, 0.25) is 5.82 Å². The molecule has 0 radical (unpaired) electrons. The van der Waals surface area contributed by atoms with E-state index in [1.54, 1.807) is 30.5 Å². The Hall–Kier alpha value is -3.46. The summed E-state index contributed by atoms with van der Waals surface area (Å²) in [6.45, 7) is 2.24. The van der Waals surface area contributed by atoms with E-state index in [4.69, 9.17) is 10.2 Å². The Labute approximate surface area is 172 Å². The van der Waals surface area contributed by atoms with Gasteiger partial charge in [-0.25, -0.2) is 4.39 Å². The van der Waals surface area contributed by atoms with E-state index in [1.165, 1.54) is 10.6 Å². The monoisotopic (exact) mass is 407 g/mol. The lowest BCUT2D eigenvalue weighted by Gasteiger charge is -2.25. The summed E-state index contributed by atoms with van der Waals surface area (Å²) in [6.07, 6.45) is 3.71. The van der Waals surface area contributed by atoms with Crippen molar-refractivity contribution < 1.29 is 8.81 Å². The van der Waals surface area contributed by atoms with E-state index in [9.17, 15) is 4.39 Å². The summed E-state index contributed by atoms with van der Waals surface area (Å²) < 4.78 is 20.9. The van der Waals surface area contributed by atoms with E-state index in [2.05, 4.69) is 25.3 Å². The number of hydrogen-bond acceptors (Lipinski definition) is 7. The molecule has 3 aromatic heterocycles. The average molecular weight is 407 g/mol. The molecule has 0 bridgehead atoms. The molecule has 0 unspecified atom stereocenters. The van der Waals surface area contributed by atoms with Crippen LogP contribution in [0.1, 0.15) is 18.4 Å². The number of nitrogen functional groups attached to an aromatic ring is 1. The molecular weight excluding hydrogens is 385 g/mol. The first-order chi connectivity index (χ1) is 14.7. The lowest BCUT2D eigenvalue weighted by Crippen LogP contribution is -2.34. The highest BCUT2D eigenvalue weighted by Gasteiger charge is 2.25. The van der Waals surface area contributed by atoms with Gasteiger partial charge in [0.15, 0.2) is 5.76 Å². The van der Waals surface area contributed by atoms with Crippen LogP contribution in [0, 0.1) is 5.82 Å². The van der Waals surface area contributed by atoms with Gasteiger partial charge in [-0.15, -0.1) is 5.10 Å². The Kier molecular flexibility index (Phi) is 4.80. The quantitative estimate of drug-likeness (QED) is 0.507. The van der Waals surface area contributed by atoms with Gasteiger partial charge in [0.1, 0.15) is 17.5 Å². The molecule has 1 saturated heterocycles. The minimum Gasteiger partial charge on any atom is -0.461 e. The Morgan fingerprint density at radius 1 is 1.20 bits per heavy atom. The molecule has 0 saturated carbocycles. The van der Waals surface area contributed by atoms with Crippen LogP contribution in [-0.2, 0) is 6.54 Å². The molecule has 1 atom stereocenters. The number of fused-ring (bicyclic) bond motifs is 1. The summed E-state index contributed by atoms with van der Waals surface area (Å²) >= 11 is 0. The number of rotatable bonds is 6. The largest absolute Gasteiger partial charge is 0.461 e. The third kappa shape index (κ3) is 3.59. The predicted molar refractivity (Wildman–Crippen MR) is 111 cm³/mol. The third-order valence-electron chi connectivity index (χ3n) is 5.43. The van der Waals surface area contributed by atoms with Crippen LogP contribution < -0.4 is 11.1 Å². The molecule has 30 heavy (non-hydrogen) atoms. The van der Waals surface area contributed by atoms with E-state index in [-0.39, 0.29) is 5.82 Å². The molecule has 0 aliphatic carbocycles. The number of aromatic nitrogens is 4. The van der Waals surface area contributed by atoms with Gasteiger partial charge in [-0.1, -0.05) is 18.2 Å². The average Bonchev–Trinajstić information content (AvgIpc) is 3.49. The van der Waals surface area contributed by atoms with E-state index >= 15 is 0 Å². The van der Waals surface area contributed by atoms with Crippen molar-refractivity contribution in [3.05, 3.63) is 60.1 Å². The molecule has 0 spiro atoms. The zero-order chi connectivity index (χ0) is 20.5. The van der Waals surface area contributed by atoms with Gasteiger partial charge < -0.3 is 15.5 Å². The topological polar surface area (TPSA) is 97.5 Å². The van der Waals surface area contributed by atoms with Crippen LogP contribution >= 0.6 is 0 Å². The lowest BCUT2D eigenvalue weighted by molar-refractivity contribution is 0.250. The van der Waals surface area contributed by atoms with Gasteiger partial charge in [0.25, 0.3) is 5.78 Å². The molecule has 1 aromatic carbocycles. The number of anilines is 2. The molecule has 4 heterocycles. The second-order valence-corrected chi connectivity index (χ2v) is 7.43. The zero-order valence-corrected chi connectivity index (χ0v) is 16.3. The number of halogens is 1. The predicted octanol–water partition coefficient (Wildman–Crippen LogP) is 3.18. The summed E-state index contributed by atoms with van der Waals surface area (Å²) in [6, 6.07) is 12.5. The number of hydrogen-bond donors (Lipinski definition) is 2. The van der Waals surface area contributed by atoms with Crippen molar-refractivity contribution in [1.82, 2.24) is 24.5 Å². The highest BCUT2D eigenvalue weighted by Crippen LogP contribution is 2.23. The first-order valence-corrected chi connectivity index (χ1v) is 9.96. The maximum atomic E-state index is 14.0. The Bertz CT molecular complexity index is 1160. The number of nitrogens with zero attached hydrogens (tertiary/aromatic N) is 5. The van der Waals surface area contributed by atoms with Crippen LogP contribution in [0.4, 0.5) is 16.0 Å². The van der Waals surface area contributed by atoms with Gasteiger partial charge in [0, 0.05) is 30.8 Å². The van der Waals surface area contributed by atoms with Gasteiger partial charge >= 0.3 is 0 Å². The van der Waals surface area contributed by atoms with Gasteiger partial charge in [-0.05, 0) is 37.6 Å². The van der Waals surface area contributed by atoms with Crippen molar-refractivity contribution in [1.29, 1.82) is 0 Å². The summed E-state index contributed by atoms with van der Waals surface area (Å²) in [5.41, 5.74) is 6.88. The van der Waals surface area contributed by atoms with Crippen molar-refractivity contribution in [2.75, 3.05) is 24.1 Å². The van der Waals surface area contributed by atoms with Gasteiger partial charge in [-0.3, -0.25) is 4.90 Å². The molecule has 4 aromatic rings. The molecular formula is C21H22FN7O. The van der Waals surface area contributed by atoms with E-state index in [0.29, 0.717) is 48.1 Å². The van der Waals surface area contributed by atoms with Crippen molar-refractivity contribution in [2.24, 2.45) is 0 Å². The SMILES string of the molecule is Nc1cc(NC[C@H]2CCCN2Cc2ccccc2F)nc2nc(-c3ccco3)nn12. The van der Waals surface area contributed by atoms with Crippen molar-refractivity contribution >= 4 is 17.4 Å².